The van der Waals surface area contributed by atoms with Gasteiger partial charge in [-0.1, -0.05) is 42.5 Å². The molecule has 3 atom stereocenters. The van der Waals surface area contributed by atoms with E-state index in [0.717, 1.165) is 18.4 Å². The van der Waals surface area contributed by atoms with Crippen LogP contribution in [0.2, 0.25) is 0 Å². The molecule has 1 aliphatic rings. The van der Waals surface area contributed by atoms with E-state index in [4.69, 9.17) is 9.47 Å². The molecule has 1 saturated heterocycles. The van der Waals surface area contributed by atoms with Crippen LogP contribution in [0.5, 0.6) is 0 Å². The minimum atomic E-state index is -0.619. The number of esters is 1. The van der Waals surface area contributed by atoms with Crippen LogP contribution in [0.15, 0.2) is 36.4 Å². The Kier molecular flexibility index (Phi) is 5.78. The molecule has 1 aliphatic heterocycles. The number of benzene rings is 1. The molecule has 0 unspecified atom stereocenters. The summed E-state index contributed by atoms with van der Waals surface area (Å²) in [6.07, 6.45) is 6.79. The van der Waals surface area contributed by atoms with Crippen LogP contribution in [-0.4, -0.2) is 24.8 Å². The molecule has 3 heteroatoms. The lowest BCUT2D eigenvalue weighted by Gasteiger charge is -2.32. The molecule has 0 aromatic heterocycles. The summed E-state index contributed by atoms with van der Waals surface area (Å²) in [5, 5.41) is 0. The van der Waals surface area contributed by atoms with Crippen molar-refractivity contribution in [2.24, 2.45) is 5.41 Å². The Morgan fingerprint density at radius 1 is 1.36 bits per heavy atom. The summed E-state index contributed by atoms with van der Waals surface area (Å²) in [4.78, 5) is 12.5. The smallest absolute Gasteiger partial charge is 0.314 e. The van der Waals surface area contributed by atoms with Crippen molar-refractivity contribution in [3.63, 3.8) is 0 Å². The van der Waals surface area contributed by atoms with E-state index in [0.29, 0.717) is 13.0 Å². The molecule has 0 aliphatic carbocycles. The van der Waals surface area contributed by atoms with Crippen LogP contribution in [0.1, 0.15) is 45.6 Å². The first-order valence-electron chi connectivity index (χ1n) is 8.10. The van der Waals surface area contributed by atoms with Crippen LogP contribution >= 0.6 is 0 Å². The van der Waals surface area contributed by atoms with Gasteiger partial charge >= 0.3 is 5.97 Å². The van der Waals surface area contributed by atoms with Gasteiger partial charge in [0.05, 0.1) is 24.2 Å². The highest BCUT2D eigenvalue weighted by Crippen LogP contribution is 2.38. The van der Waals surface area contributed by atoms with Crippen LogP contribution in [0, 0.1) is 5.41 Å². The molecule has 1 aromatic carbocycles. The number of carbonyl (C=O) groups excluding carboxylic acids is 1. The summed E-state index contributed by atoms with van der Waals surface area (Å²) in [5.74, 6) is -0.160. The molecule has 1 fully saturated rings. The Morgan fingerprint density at radius 2 is 2.09 bits per heavy atom. The number of carbonyl (C=O) groups is 1. The summed E-state index contributed by atoms with van der Waals surface area (Å²) < 4.78 is 11.3. The van der Waals surface area contributed by atoms with Crippen molar-refractivity contribution >= 4 is 12.0 Å². The van der Waals surface area contributed by atoms with Gasteiger partial charge in [-0.15, -0.1) is 0 Å². The van der Waals surface area contributed by atoms with E-state index in [2.05, 4.69) is 19.1 Å². The molecule has 3 nitrogen and oxygen atoms in total. The quantitative estimate of drug-likeness (QED) is 0.738. The number of allylic oxidation sites excluding steroid dienone is 1. The highest BCUT2D eigenvalue weighted by Gasteiger charge is 2.45. The van der Waals surface area contributed by atoms with E-state index in [-0.39, 0.29) is 18.2 Å². The van der Waals surface area contributed by atoms with Crippen LogP contribution in [-0.2, 0) is 14.3 Å². The molecule has 0 saturated carbocycles. The third-order valence-electron chi connectivity index (χ3n) is 4.34. The average molecular weight is 302 g/mol. The molecule has 1 aromatic rings. The third kappa shape index (κ3) is 3.98. The standard InChI is InChI=1S/C19H26O3/c1-4-21-18(20)19(3,17-13-12-15(2)22-17)14-8-11-16-9-6-5-7-10-16/h5-11,15,17H,4,12-14H2,1-3H3/b11-8+/t15-,17-,19+/m0/s1. The maximum absolute atomic E-state index is 12.5. The van der Waals surface area contributed by atoms with Gasteiger partial charge in [-0.05, 0) is 45.6 Å². The number of hydrogen-bond donors (Lipinski definition) is 0. The number of ether oxygens (including phenoxy) is 2. The van der Waals surface area contributed by atoms with Crippen molar-refractivity contribution in [2.45, 2.75) is 52.2 Å². The zero-order valence-electron chi connectivity index (χ0n) is 13.7. The van der Waals surface area contributed by atoms with Crippen molar-refractivity contribution < 1.29 is 14.3 Å². The van der Waals surface area contributed by atoms with Crippen LogP contribution in [0.25, 0.3) is 6.08 Å². The Balaban J connectivity index is 2.10. The molecule has 1 heterocycles. The number of hydrogen-bond acceptors (Lipinski definition) is 3. The van der Waals surface area contributed by atoms with Crippen molar-refractivity contribution in [3.8, 4) is 0 Å². The van der Waals surface area contributed by atoms with Crippen molar-refractivity contribution in [1.82, 2.24) is 0 Å². The molecule has 22 heavy (non-hydrogen) atoms. The molecule has 2 rings (SSSR count). The van der Waals surface area contributed by atoms with Gasteiger partial charge in [0.25, 0.3) is 0 Å². The molecular weight excluding hydrogens is 276 g/mol. The zero-order chi connectivity index (χ0) is 16.0. The molecule has 0 radical (unpaired) electrons. The fourth-order valence-electron chi connectivity index (χ4n) is 2.92. The highest BCUT2D eigenvalue weighted by molar-refractivity contribution is 5.77. The fourth-order valence-corrected chi connectivity index (χ4v) is 2.92. The van der Waals surface area contributed by atoms with E-state index in [9.17, 15) is 4.79 Å². The molecule has 0 amide bonds. The lowest BCUT2D eigenvalue weighted by molar-refractivity contribution is -0.163. The first-order valence-corrected chi connectivity index (χ1v) is 8.10. The second-order valence-electron chi connectivity index (χ2n) is 6.17. The Bertz CT molecular complexity index is 509. The molecule has 120 valence electrons. The van der Waals surface area contributed by atoms with Crippen LogP contribution in [0.3, 0.4) is 0 Å². The van der Waals surface area contributed by atoms with Gasteiger partial charge in [-0.25, -0.2) is 0 Å². The second kappa shape index (κ2) is 7.59. The van der Waals surface area contributed by atoms with E-state index < -0.39 is 5.41 Å². The largest absolute Gasteiger partial charge is 0.465 e. The SMILES string of the molecule is CCOC(=O)[C@](C)(C/C=C/c1ccccc1)[C@@H]1CC[C@H](C)O1. The predicted molar refractivity (Wildman–Crippen MR) is 88.4 cm³/mol. The van der Waals surface area contributed by atoms with Crippen molar-refractivity contribution in [2.75, 3.05) is 6.61 Å². The van der Waals surface area contributed by atoms with Crippen molar-refractivity contribution in [1.29, 1.82) is 0 Å². The van der Waals surface area contributed by atoms with Gasteiger partial charge in [0.15, 0.2) is 0 Å². The van der Waals surface area contributed by atoms with Gasteiger partial charge in [-0.3, -0.25) is 4.79 Å². The molecule has 0 N–H and O–H groups in total. The normalized spacial score (nSPS) is 24.3. The monoisotopic (exact) mass is 302 g/mol. The fraction of sp³-hybridized carbons (Fsp3) is 0.526. The minimum Gasteiger partial charge on any atom is -0.465 e. The van der Waals surface area contributed by atoms with Crippen LogP contribution < -0.4 is 0 Å². The van der Waals surface area contributed by atoms with E-state index in [1.807, 2.05) is 44.2 Å². The van der Waals surface area contributed by atoms with Gasteiger partial charge in [0, 0.05) is 0 Å². The average Bonchev–Trinajstić information content (AvgIpc) is 2.95. The summed E-state index contributed by atoms with van der Waals surface area (Å²) in [5.41, 5.74) is 0.515. The Morgan fingerprint density at radius 3 is 2.68 bits per heavy atom. The molecular formula is C19H26O3. The summed E-state index contributed by atoms with van der Waals surface area (Å²) in [7, 11) is 0. The Labute approximate surface area is 133 Å². The minimum absolute atomic E-state index is 0.0676. The second-order valence-corrected chi connectivity index (χ2v) is 6.17. The summed E-state index contributed by atoms with van der Waals surface area (Å²) >= 11 is 0. The molecule has 0 bridgehead atoms. The number of rotatable bonds is 6. The summed E-state index contributed by atoms with van der Waals surface area (Å²) in [6.45, 7) is 6.27. The van der Waals surface area contributed by atoms with Crippen molar-refractivity contribution in [3.05, 3.63) is 42.0 Å². The van der Waals surface area contributed by atoms with Gasteiger partial charge in [-0.2, -0.15) is 0 Å². The lowest BCUT2D eigenvalue weighted by Crippen LogP contribution is -2.41. The van der Waals surface area contributed by atoms with Gasteiger partial charge < -0.3 is 9.47 Å². The summed E-state index contributed by atoms with van der Waals surface area (Å²) in [6, 6.07) is 10.1. The maximum Gasteiger partial charge on any atom is 0.314 e. The molecule has 0 spiro atoms. The third-order valence-corrected chi connectivity index (χ3v) is 4.34. The highest BCUT2D eigenvalue weighted by atomic mass is 16.5. The maximum atomic E-state index is 12.5. The van der Waals surface area contributed by atoms with Gasteiger partial charge in [0.1, 0.15) is 0 Å². The van der Waals surface area contributed by atoms with E-state index in [1.54, 1.807) is 0 Å². The lowest BCUT2D eigenvalue weighted by atomic mass is 9.79. The van der Waals surface area contributed by atoms with E-state index in [1.165, 1.54) is 0 Å². The van der Waals surface area contributed by atoms with Gasteiger partial charge in [0.2, 0.25) is 0 Å². The predicted octanol–water partition coefficient (Wildman–Crippen LogP) is 4.23. The topological polar surface area (TPSA) is 35.5 Å². The van der Waals surface area contributed by atoms with Crippen LogP contribution in [0.4, 0.5) is 0 Å². The first-order chi connectivity index (χ1) is 10.6. The first kappa shape index (κ1) is 16.8. The van der Waals surface area contributed by atoms with E-state index >= 15 is 0 Å². The Hall–Kier alpha value is -1.61. The zero-order valence-corrected chi connectivity index (χ0v) is 13.7.